The van der Waals surface area contributed by atoms with Gasteiger partial charge in [-0.05, 0) is 26.2 Å². The van der Waals surface area contributed by atoms with Crippen LogP contribution < -0.4 is 5.73 Å². The van der Waals surface area contributed by atoms with Crippen LogP contribution in [0.4, 0.5) is 0 Å². The molecule has 0 rings (SSSR count). The molecule has 0 aromatic carbocycles. The lowest BCUT2D eigenvalue weighted by Crippen LogP contribution is -2.43. The highest BCUT2D eigenvalue weighted by Crippen LogP contribution is 2.19. The average molecular weight is 308 g/mol. The second-order valence-electron chi connectivity index (χ2n) is 4.65. The highest BCUT2D eigenvalue weighted by molar-refractivity contribution is 9.09. The van der Waals surface area contributed by atoms with Gasteiger partial charge in [-0.1, -0.05) is 48.5 Å². The Morgan fingerprint density at radius 2 is 1.88 bits per heavy atom. The molecular weight excluding hydrogens is 282 g/mol. The lowest BCUT2D eigenvalue weighted by Gasteiger charge is -2.26. The van der Waals surface area contributed by atoms with Crippen LogP contribution in [-0.4, -0.2) is 23.4 Å². The molecule has 0 bridgehead atoms. The number of ether oxygens (including phenoxy) is 1. The molecule has 0 fully saturated rings. The molecule has 1 amide bonds. The molecule has 0 aliphatic heterocycles. The summed E-state index contributed by atoms with van der Waals surface area (Å²) in [5.41, 5.74) is 4.63. The summed E-state index contributed by atoms with van der Waals surface area (Å²) >= 11 is 3.41. The minimum atomic E-state index is -0.772. The molecule has 0 spiro atoms. The molecule has 0 saturated carbocycles. The maximum Gasteiger partial charge on any atom is 0.249 e. The van der Waals surface area contributed by atoms with Gasteiger partial charge in [0.1, 0.15) is 5.60 Å². The van der Waals surface area contributed by atoms with Gasteiger partial charge in [-0.3, -0.25) is 4.79 Å². The summed E-state index contributed by atoms with van der Waals surface area (Å²) in [4.78, 5) is 11.4. The second kappa shape index (κ2) is 9.89. The van der Waals surface area contributed by atoms with Crippen molar-refractivity contribution in [2.24, 2.45) is 5.73 Å². The summed E-state index contributed by atoms with van der Waals surface area (Å²) in [5, 5.41) is 1.06. The summed E-state index contributed by atoms with van der Waals surface area (Å²) in [5.74, 6) is -0.341. The van der Waals surface area contributed by atoms with Gasteiger partial charge in [0.15, 0.2) is 0 Å². The maximum atomic E-state index is 11.4. The Morgan fingerprint density at radius 3 is 2.41 bits per heavy atom. The van der Waals surface area contributed by atoms with Crippen molar-refractivity contribution < 1.29 is 9.53 Å². The van der Waals surface area contributed by atoms with Gasteiger partial charge in [0.25, 0.3) is 0 Å². The van der Waals surface area contributed by atoms with E-state index in [2.05, 4.69) is 22.9 Å². The lowest BCUT2D eigenvalue weighted by atomic mass is 9.98. The first-order valence-corrected chi connectivity index (χ1v) is 7.68. The first kappa shape index (κ1) is 16.9. The van der Waals surface area contributed by atoms with E-state index < -0.39 is 5.60 Å². The van der Waals surface area contributed by atoms with Crippen LogP contribution in [0.2, 0.25) is 0 Å². The molecule has 0 aliphatic rings. The first-order chi connectivity index (χ1) is 8.06. The van der Waals surface area contributed by atoms with E-state index in [4.69, 9.17) is 10.5 Å². The number of hydrogen-bond acceptors (Lipinski definition) is 2. The molecule has 0 aromatic heterocycles. The van der Waals surface area contributed by atoms with E-state index in [0.29, 0.717) is 6.61 Å². The molecule has 0 heterocycles. The summed E-state index contributed by atoms with van der Waals surface area (Å²) < 4.78 is 5.69. The number of nitrogens with two attached hydrogens (primary N) is 1. The number of halogens is 1. The normalized spacial score (nSPS) is 14.5. The van der Waals surface area contributed by atoms with Crippen molar-refractivity contribution >= 4 is 21.8 Å². The van der Waals surface area contributed by atoms with Crippen molar-refractivity contribution in [2.75, 3.05) is 11.9 Å². The maximum absolute atomic E-state index is 11.4. The van der Waals surface area contributed by atoms with Crippen LogP contribution in [0.3, 0.4) is 0 Å². The number of unbranched alkanes of at least 4 members (excludes halogenated alkanes) is 4. The van der Waals surface area contributed by atoms with Gasteiger partial charge in [-0.2, -0.15) is 0 Å². The van der Waals surface area contributed by atoms with Crippen molar-refractivity contribution in [1.82, 2.24) is 0 Å². The van der Waals surface area contributed by atoms with Gasteiger partial charge in [-0.25, -0.2) is 0 Å². The minimum absolute atomic E-state index is 0.341. The number of carbonyl (C=O) groups excluding carboxylic acids is 1. The average Bonchev–Trinajstić information content (AvgIpc) is 2.31. The first-order valence-electron chi connectivity index (χ1n) is 6.56. The fraction of sp³-hybridized carbons (Fsp3) is 0.923. The number of alkyl halides is 1. The van der Waals surface area contributed by atoms with E-state index in [1.54, 1.807) is 0 Å². The van der Waals surface area contributed by atoms with Crippen molar-refractivity contribution in [3.8, 4) is 0 Å². The lowest BCUT2D eigenvalue weighted by molar-refractivity contribution is -0.142. The molecule has 102 valence electrons. The van der Waals surface area contributed by atoms with Crippen molar-refractivity contribution in [3.63, 3.8) is 0 Å². The topological polar surface area (TPSA) is 52.3 Å². The fourth-order valence-electron chi connectivity index (χ4n) is 1.63. The summed E-state index contributed by atoms with van der Waals surface area (Å²) in [6.07, 6.45) is 7.30. The van der Waals surface area contributed by atoms with Crippen LogP contribution in [-0.2, 0) is 9.53 Å². The predicted octanol–water partition coefficient (Wildman–Crippen LogP) is 3.39. The zero-order valence-electron chi connectivity index (χ0n) is 11.1. The van der Waals surface area contributed by atoms with E-state index in [9.17, 15) is 4.79 Å². The number of amides is 1. The number of primary amides is 1. The third-order valence-corrected chi connectivity index (χ3v) is 3.54. The van der Waals surface area contributed by atoms with Crippen LogP contribution >= 0.6 is 15.9 Å². The fourth-order valence-corrected chi connectivity index (χ4v) is 2.02. The van der Waals surface area contributed by atoms with E-state index in [1.165, 1.54) is 12.8 Å². The Bertz CT molecular complexity index is 212. The van der Waals surface area contributed by atoms with Gasteiger partial charge in [-0.15, -0.1) is 0 Å². The summed E-state index contributed by atoms with van der Waals surface area (Å²) in [7, 11) is 0. The Balaban J connectivity index is 3.81. The van der Waals surface area contributed by atoms with Crippen molar-refractivity contribution in [2.45, 2.75) is 64.4 Å². The Kier molecular flexibility index (Phi) is 9.84. The molecule has 0 radical (unpaired) electrons. The molecule has 0 saturated heterocycles. The van der Waals surface area contributed by atoms with Gasteiger partial charge in [0, 0.05) is 11.9 Å². The van der Waals surface area contributed by atoms with E-state index in [-0.39, 0.29) is 5.91 Å². The summed E-state index contributed by atoms with van der Waals surface area (Å²) in [6, 6.07) is 0. The highest BCUT2D eigenvalue weighted by Gasteiger charge is 2.30. The molecule has 3 nitrogen and oxygen atoms in total. The molecule has 1 atom stereocenters. The van der Waals surface area contributed by atoms with E-state index in [1.807, 2.05) is 6.92 Å². The standard InChI is InChI=1S/C13H26BrNO2/c1-3-4-9-13(2,12(15)16)17-11-8-6-5-7-10-14/h3-11H2,1-2H3,(H2,15,16). The molecule has 4 heteroatoms. The second-order valence-corrected chi connectivity index (χ2v) is 5.44. The highest BCUT2D eigenvalue weighted by atomic mass is 79.9. The molecule has 1 unspecified atom stereocenters. The minimum Gasteiger partial charge on any atom is -0.367 e. The van der Waals surface area contributed by atoms with Crippen molar-refractivity contribution in [3.05, 3.63) is 0 Å². The smallest absolute Gasteiger partial charge is 0.249 e. The third kappa shape index (κ3) is 7.77. The SMILES string of the molecule is CCCCC(C)(OCCCCCCBr)C(N)=O. The van der Waals surface area contributed by atoms with Gasteiger partial charge >= 0.3 is 0 Å². The Labute approximate surface area is 114 Å². The predicted molar refractivity (Wildman–Crippen MR) is 75.3 cm³/mol. The molecular formula is C13H26BrNO2. The monoisotopic (exact) mass is 307 g/mol. The van der Waals surface area contributed by atoms with Crippen LogP contribution in [0.5, 0.6) is 0 Å². The van der Waals surface area contributed by atoms with Gasteiger partial charge < -0.3 is 10.5 Å². The zero-order chi connectivity index (χ0) is 13.1. The number of hydrogen-bond donors (Lipinski definition) is 1. The molecule has 17 heavy (non-hydrogen) atoms. The molecule has 0 aromatic rings. The number of rotatable bonds is 11. The third-order valence-electron chi connectivity index (χ3n) is 2.98. The molecule has 2 N–H and O–H groups in total. The van der Waals surface area contributed by atoms with Crippen LogP contribution in [0.15, 0.2) is 0 Å². The van der Waals surface area contributed by atoms with Crippen LogP contribution in [0.1, 0.15) is 58.8 Å². The van der Waals surface area contributed by atoms with E-state index in [0.717, 1.165) is 37.4 Å². The largest absolute Gasteiger partial charge is 0.367 e. The Hall–Kier alpha value is -0.0900. The quantitative estimate of drug-likeness (QED) is 0.470. The Morgan fingerprint density at radius 1 is 1.24 bits per heavy atom. The van der Waals surface area contributed by atoms with Crippen LogP contribution in [0.25, 0.3) is 0 Å². The summed E-state index contributed by atoms with van der Waals surface area (Å²) in [6.45, 7) is 4.54. The van der Waals surface area contributed by atoms with Crippen LogP contribution in [0, 0.1) is 0 Å². The number of carbonyl (C=O) groups is 1. The van der Waals surface area contributed by atoms with Gasteiger partial charge in [0.05, 0.1) is 0 Å². The zero-order valence-corrected chi connectivity index (χ0v) is 12.7. The van der Waals surface area contributed by atoms with E-state index >= 15 is 0 Å². The molecule has 0 aliphatic carbocycles. The van der Waals surface area contributed by atoms with Gasteiger partial charge in [0.2, 0.25) is 5.91 Å². The van der Waals surface area contributed by atoms with Crippen molar-refractivity contribution in [1.29, 1.82) is 0 Å².